The molecule has 2 heterocycles. The summed E-state index contributed by atoms with van der Waals surface area (Å²) < 4.78 is 11.4. The molecule has 0 radical (unpaired) electrons. The van der Waals surface area contributed by atoms with Crippen molar-refractivity contribution in [1.29, 1.82) is 0 Å². The van der Waals surface area contributed by atoms with E-state index in [1.807, 2.05) is 37.3 Å². The monoisotopic (exact) mass is 405 g/mol. The first-order valence-electron chi connectivity index (χ1n) is 9.51. The Morgan fingerprint density at radius 3 is 2.71 bits per heavy atom. The van der Waals surface area contributed by atoms with Gasteiger partial charge in [0.05, 0.1) is 6.61 Å². The van der Waals surface area contributed by atoms with Crippen molar-refractivity contribution >= 4 is 18.3 Å². The fourth-order valence-corrected chi connectivity index (χ4v) is 3.20. The number of nitrogens with zero attached hydrogens (tertiary/aromatic N) is 1. The SMILES string of the molecule is CCOc1ccccc1Oc1ccc(CNC(=O)[C@H]2CCN[C@@H](C)C2)cn1.Cl. The maximum Gasteiger partial charge on any atom is 0.223 e. The molecule has 1 aliphatic heterocycles. The minimum atomic E-state index is 0. The molecule has 1 amide bonds. The molecular formula is C21H28ClN3O3. The second-order valence-electron chi connectivity index (χ2n) is 6.78. The van der Waals surface area contributed by atoms with Gasteiger partial charge in [0, 0.05) is 30.8 Å². The van der Waals surface area contributed by atoms with Crippen LogP contribution in [0.3, 0.4) is 0 Å². The standard InChI is InChI=1S/C21H27N3O3.ClH/c1-3-26-18-6-4-5-7-19(18)27-20-9-8-16(13-23-20)14-24-21(25)17-10-11-22-15(2)12-17;/h4-9,13,15,17,22H,3,10-12,14H2,1-2H3,(H,24,25);1H/t15-,17-;/m0./s1. The van der Waals surface area contributed by atoms with Crippen molar-refractivity contribution in [2.45, 2.75) is 39.3 Å². The first-order valence-corrected chi connectivity index (χ1v) is 9.51. The average molecular weight is 406 g/mol. The molecule has 1 saturated heterocycles. The second kappa shape index (κ2) is 10.9. The minimum absolute atomic E-state index is 0. The van der Waals surface area contributed by atoms with Gasteiger partial charge in [-0.05, 0) is 50.9 Å². The van der Waals surface area contributed by atoms with Crippen molar-refractivity contribution in [2.75, 3.05) is 13.2 Å². The third-order valence-electron chi connectivity index (χ3n) is 4.62. The number of para-hydroxylation sites is 2. The molecule has 1 fully saturated rings. The molecule has 1 aromatic carbocycles. The van der Waals surface area contributed by atoms with Crippen LogP contribution in [0.25, 0.3) is 0 Å². The molecule has 0 unspecified atom stereocenters. The molecule has 7 heteroatoms. The fraction of sp³-hybridized carbons (Fsp3) is 0.429. The maximum atomic E-state index is 12.3. The van der Waals surface area contributed by atoms with Crippen LogP contribution in [0.15, 0.2) is 42.6 Å². The lowest BCUT2D eigenvalue weighted by Gasteiger charge is -2.27. The topological polar surface area (TPSA) is 72.5 Å². The van der Waals surface area contributed by atoms with E-state index >= 15 is 0 Å². The van der Waals surface area contributed by atoms with Crippen molar-refractivity contribution in [3.05, 3.63) is 48.2 Å². The Balaban J connectivity index is 0.00000280. The van der Waals surface area contributed by atoms with E-state index in [0.717, 1.165) is 24.9 Å². The van der Waals surface area contributed by atoms with Gasteiger partial charge in [0.1, 0.15) is 0 Å². The Labute approximate surface area is 172 Å². The van der Waals surface area contributed by atoms with Crippen LogP contribution in [-0.2, 0) is 11.3 Å². The Hall–Kier alpha value is -2.31. The Morgan fingerprint density at radius 1 is 1.25 bits per heavy atom. The number of nitrogens with one attached hydrogen (secondary N) is 2. The fourth-order valence-electron chi connectivity index (χ4n) is 3.20. The van der Waals surface area contributed by atoms with Crippen LogP contribution < -0.4 is 20.1 Å². The van der Waals surface area contributed by atoms with Gasteiger partial charge in [0.2, 0.25) is 11.8 Å². The van der Waals surface area contributed by atoms with Crippen LogP contribution in [0.4, 0.5) is 0 Å². The highest BCUT2D eigenvalue weighted by Gasteiger charge is 2.24. The van der Waals surface area contributed by atoms with Gasteiger partial charge in [-0.1, -0.05) is 18.2 Å². The van der Waals surface area contributed by atoms with E-state index in [1.165, 1.54) is 0 Å². The average Bonchev–Trinajstić information content (AvgIpc) is 2.69. The molecule has 1 aliphatic rings. The lowest BCUT2D eigenvalue weighted by molar-refractivity contribution is -0.126. The molecule has 0 saturated carbocycles. The van der Waals surface area contributed by atoms with Gasteiger partial charge in [-0.15, -0.1) is 12.4 Å². The predicted octanol–water partition coefficient (Wildman–Crippen LogP) is 3.70. The molecule has 28 heavy (non-hydrogen) atoms. The number of rotatable bonds is 7. The number of ether oxygens (including phenoxy) is 2. The number of pyridine rings is 1. The Kier molecular flexibility index (Phi) is 8.54. The van der Waals surface area contributed by atoms with Gasteiger partial charge in [-0.2, -0.15) is 0 Å². The summed E-state index contributed by atoms with van der Waals surface area (Å²) in [6.45, 7) is 5.99. The normalized spacial score (nSPS) is 18.6. The third kappa shape index (κ3) is 6.11. The van der Waals surface area contributed by atoms with Gasteiger partial charge in [-0.3, -0.25) is 4.79 Å². The molecule has 6 nitrogen and oxygen atoms in total. The van der Waals surface area contributed by atoms with E-state index in [2.05, 4.69) is 22.5 Å². The molecule has 152 valence electrons. The van der Waals surface area contributed by atoms with Gasteiger partial charge in [0.15, 0.2) is 11.5 Å². The molecule has 0 spiro atoms. The minimum Gasteiger partial charge on any atom is -0.490 e. The van der Waals surface area contributed by atoms with Gasteiger partial charge in [-0.25, -0.2) is 4.98 Å². The van der Waals surface area contributed by atoms with Crippen molar-refractivity contribution in [2.24, 2.45) is 5.92 Å². The second-order valence-corrected chi connectivity index (χ2v) is 6.78. The summed E-state index contributed by atoms with van der Waals surface area (Å²) in [4.78, 5) is 16.7. The smallest absolute Gasteiger partial charge is 0.223 e. The van der Waals surface area contributed by atoms with Crippen LogP contribution in [-0.4, -0.2) is 30.1 Å². The number of amides is 1. The summed E-state index contributed by atoms with van der Waals surface area (Å²) >= 11 is 0. The summed E-state index contributed by atoms with van der Waals surface area (Å²) in [5.41, 5.74) is 0.941. The number of aromatic nitrogens is 1. The van der Waals surface area contributed by atoms with Crippen molar-refractivity contribution in [1.82, 2.24) is 15.6 Å². The van der Waals surface area contributed by atoms with Gasteiger partial charge < -0.3 is 20.1 Å². The number of carbonyl (C=O) groups excluding carboxylic acids is 1. The van der Waals surface area contributed by atoms with E-state index in [4.69, 9.17) is 9.47 Å². The van der Waals surface area contributed by atoms with Gasteiger partial charge >= 0.3 is 0 Å². The van der Waals surface area contributed by atoms with E-state index in [9.17, 15) is 4.79 Å². The Bertz CT molecular complexity index is 755. The summed E-state index contributed by atoms with van der Waals surface area (Å²) in [6.07, 6.45) is 3.50. The Morgan fingerprint density at radius 2 is 2.04 bits per heavy atom. The highest BCUT2D eigenvalue weighted by atomic mass is 35.5. The molecule has 0 aliphatic carbocycles. The van der Waals surface area contributed by atoms with E-state index in [0.29, 0.717) is 36.6 Å². The van der Waals surface area contributed by atoms with Crippen LogP contribution in [0, 0.1) is 5.92 Å². The zero-order chi connectivity index (χ0) is 19.1. The number of halogens is 1. The molecule has 0 bridgehead atoms. The number of benzene rings is 1. The predicted molar refractivity (Wildman–Crippen MR) is 111 cm³/mol. The zero-order valence-electron chi connectivity index (χ0n) is 16.3. The first-order chi connectivity index (χ1) is 13.2. The largest absolute Gasteiger partial charge is 0.490 e. The lowest BCUT2D eigenvalue weighted by Crippen LogP contribution is -2.42. The van der Waals surface area contributed by atoms with E-state index in [1.54, 1.807) is 12.3 Å². The molecule has 2 N–H and O–H groups in total. The van der Waals surface area contributed by atoms with Crippen LogP contribution in [0.1, 0.15) is 32.3 Å². The maximum absolute atomic E-state index is 12.3. The molecular weight excluding hydrogens is 378 g/mol. The van der Waals surface area contributed by atoms with Gasteiger partial charge in [0.25, 0.3) is 0 Å². The summed E-state index contributed by atoms with van der Waals surface area (Å²) in [7, 11) is 0. The zero-order valence-corrected chi connectivity index (χ0v) is 17.1. The summed E-state index contributed by atoms with van der Waals surface area (Å²) in [5.74, 6) is 2.02. The first kappa shape index (κ1) is 22.0. The molecule has 2 atom stereocenters. The highest BCUT2D eigenvalue weighted by molar-refractivity contribution is 5.85. The third-order valence-corrected chi connectivity index (χ3v) is 4.62. The van der Waals surface area contributed by atoms with Crippen molar-refractivity contribution in [3.63, 3.8) is 0 Å². The van der Waals surface area contributed by atoms with E-state index in [-0.39, 0.29) is 24.2 Å². The summed E-state index contributed by atoms with van der Waals surface area (Å²) in [6, 6.07) is 11.6. The highest BCUT2D eigenvalue weighted by Crippen LogP contribution is 2.30. The quantitative estimate of drug-likeness (QED) is 0.734. The lowest BCUT2D eigenvalue weighted by atomic mass is 9.92. The van der Waals surface area contributed by atoms with Crippen molar-refractivity contribution in [3.8, 4) is 17.4 Å². The van der Waals surface area contributed by atoms with Crippen LogP contribution >= 0.6 is 12.4 Å². The molecule has 1 aromatic heterocycles. The summed E-state index contributed by atoms with van der Waals surface area (Å²) in [5, 5.41) is 6.38. The number of carbonyl (C=O) groups is 1. The number of hydrogen-bond donors (Lipinski definition) is 2. The van der Waals surface area contributed by atoms with Crippen LogP contribution in [0.5, 0.6) is 17.4 Å². The number of hydrogen-bond acceptors (Lipinski definition) is 5. The number of piperidine rings is 1. The molecule has 3 rings (SSSR count). The van der Waals surface area contributed by atoms with Crippen molar-refractivity contribution < 1.29 is 14.3 Å². The van der Waals surface area contributed by atoms with Crippen LogP contribution in [0.2, 0.25) is 0 Å². The molecule has 2 aromatic rings. The van der Waals surface area contributed by atoms with E-state index < -0.39 is 0 Å².